The van der Waals surface area contributed by atoms with Crippen molar-refractivity contribution < 1.29 is 4.79 Å². The Bertz CT molecular complexity index is 1160. The molecule has 3 aliphatic rings. The van der Waals surface area contributed by atoms with Crippen molar-refractivity contribution in [2.45, 2.75) is 38.5 Å². The number of nitriles is 1. The molecule has 0 bridgehead atoms. The number of rotatable bonds is 2. The minimum atomic E-state index is -0.462. The van der Waals surface area contributed by atoms with Gasteiger partial charge >= 0.3 is 0 Å². The van der Waals surface area contributed by atoms with Crippen molar-refractivity contribution in [2.75, 3.05) is 13.1 Å². The number of hydrogen-bond donors (Lipinski definition) is 1. The maximum atomic E-state index is 12.7. The van der Waals surface area contributed by atoms with Crippen LogP contribution in [0.3, 0.4) is 0 Å². The standard InChI is InChI=1S/C26H26N4O.ClH/c1-16-21-11-10-20-22(17-7-4-3-5-8-17)29-25(18-9-6-12-28-15-18)30-24(20)26(21,2)13-19(14-27)23(16)31;/h3-5,7-9,13,16,21,28H,6,10-12,15H2,1-2H3;1H/t16-,21-,26-;/m1./s1. The number of nitrogens with one attached hydrogen (secondary N) is 1. The van der Waals surface area contributed by atoms with E-state index >= 15 is 0 Å². The molecule has 0 saturated carbocycles. The summed E-state index contributed by atoms with van der Waals surface area (Å²) in [6, 6.07) is 12.4. The van der Waals surface area contributed by atoms with Gasteiger partial charge in [-0.15, -0.1) is 12.4 Å². The Morgan fingerprint density at radius 1 is 1.22 bits per heavy atom. The minimum absolute atomic E-state index is 0. The lowest BCUT2D eigenvalue weighted by Crippen LogP contribution is -2.46. The highest BCUT2D eigenvalue weighted by Gasteiger charge is 2.49. The molecule has 2 aliphatic carbocycles. The van der Waals surface area contributed by atoms with E-state index in [0.717, 1.165) is 66.3 Å². The van der Waals surface area contributed by atoms with E-state index in [1.54, 1.807) is 0 Å². The van der Waals surface area contributed by atoms with E-state index < -0.39 is 5.41 Å². The van der Waals surface area contributed by atoms with Gasteiger partial charge in [0, 0.05) is 34.6 Å². The van der Waals surface area contributed by atoms with Crippen molar-refractivity contribution in [3.8, 4) is 17.3 Å². The van der Waals surface area contributed by atoms with E-state index in [-0.39, 0.29) is 35.6 Å². The summed E-state index contributed by atoms with van der Waals surface area (Å²) >= 11 is 0. The number of hydrogen-bond acceptors (Lipinski definition) is 5. The van der Waals surface area contributed by atoms with Gasteiger partial charge in [0.1, 0.15) is 6.07 Å². The number of aromatic nitrogens is 2. The minimum Gasteiger partial charge on any atom is -0.312 e. The number of nitrogens with zero attached hydrogens (tertiary/aromatic N) is 3. The molecule has 1 aliphatic heterocycles. The van der Waals surface area contributed by atoms with E-state index in [4.69, 9.17) is 9.97 Å². The van der Waals surface area contributed by atoms with Crippen molar-refractivity contribution >= 4 is 23.8 Å². The summed E-state index contributed by atoms with van der Waals surface area (Å²) < 4.78 is 0. The van der Waals surface area contributed by atoms with Gasteiger partial charge in [-0.2, -0.15) is 5.26 Å². The molecule has 0 spiro atoms. The zero-order valence-corrected chi connectivity index (χ0v) is 19.2. The maximum absolute atomic E-state index is 12.7. The number of carbonyl (C=O) groups is 1. The van der Waals surface area contributed by atoms with Crippen molar-refractivity contribution in [1.29, 1.82) is 5.26 Å². The molecule has 164 valence electrons. The number of ketones is 1. The predicted octanol–water partition coefficient (Wildman–Crippen LogP) is 4.43. The maximum Gasteiger partial charge on any atom is 0.176 e. The first-order valence-corrected chi connectivity index (χ1v) is 11.1. The summed E-state index contributed by atoms with van der Waals surface area (Å²) in [4.78, 5) is 22.9. The summed E-state index contributed by atoms with van der Waals surface area (Å²) in [6.45, 7) is 5.83. The summed E-state index contributed by atoms with van der Waals surface area (Å²) in [5.74, 6) is 0.662. The molecule has 3 atom stereocenters. The van der Waals surface area contributed by atoms with Crippen molar-refractivity contribution in [3.05, 3.63) is 65.1 Å². The van der Waals surface area contributed by atoms with Crippen LogP contribution in [-0.4, -0.2) is 28.8 Å². The highest BCUT2D eigenvalue weighted by atomic mass is 35.5. The fourth-order valence-corrected chi connectivity index (χ4v) is 5.57. The molecule has 32 heavy (non-hydrogen) atoms. The number of allylic oxidation sites excluding steroid dienone is 2. The second-order valence-corrected chi connectivity index (χ2v) is 9.03. The van der Waals surface area contributed by atoms with E-state index in [0.29, 0.717) is 0 Å². The number of benzene rings is 1. The lowest BCUT2D eigenvalue weighted by Gasteiger charge is -2.45. The second-order valence-electron chi connectivity index (χ2n) is 9.03. The Hall–Kier alpha value is -2.81. The molecule has 0 unspecified atom stereocenters. The quantitative estimate of drug-likeness (QED) is 0.738. The molecular formula is C26H27ClN4O. The second kappa shape index (κ2) is 8.61. The van der Waals surface area contributed by atoms with Crippen molar-refractivity contribution in [3.63, 3.8) is 0 Å². The first-order chi connectivity index (χ1) is 15.0. The monoisotopic (exact) mass is 446 g/mol. The number of carbonyl (C=O) groups excluding carboxylic acids is 1. The Morgan fingerprint density at radius 3 is 2.69 bits per heavy atom. The molecule has 5 rings (SSSR count). The molecule has 0 amide bonds. The van der Waals surface area contributed by atoms with Gasteiger partial charge in [-0.25, -0.2) is 9.97 Å². The predicted molar refractivity (Wildman–Crippen MR) is 127 cm³/mol. The topological polar surface area (TPSA) is 78.7 Å². The number of Topliss-reactive ketones (excluding diaryl/α,β-unsaturated/α-hetero) is 1. The molecular weight excluding hydrogens is 420 g/mol. The van der Waals surface area contributed by atoms with Gasteiger partial charge in [-0.3, -0.25) is 4.79 Å². The average Bonchev–Trinajstić information content (AvgIpc) is 2.82. The molecule has 6 heteroatoms. The molecule has 2 aromatic rings. The molecule has 0 saturated heterocycles. The smallest absolute Gasteiger partial charge is 0.176 e. The first kappa shape index (κ1) is 22.4. The lowest BCUT2D eigenvalue weighted by atomic mass is 9.57. The van der Waals surface area contributed by atoms with Gasteiger partial charge < -0.3 is 5.32 Å². The Balaban J connectivity index is 0.00000245. The third-order valence-corrected chi connectivity index (χ3v) is 7.20. The SMILES string of the molecule is C[C@H]1C(=O)C(C#N)=C[C@@]2(C)c3nc(C4=CCCNC4)nc(-c4ccccc4)c3CC[C@H]12.Cl. The van der Waals surface area contributed by atoms with Crippen molar-refractivity contribution in [2.24, 2.45) is 11.8 Å². The van der Waals surface area contributed by atoms with Crippen LogP contribution in [0.1, 0.15) is 43.8 Å². The van der Waals surface area contributed by atoms with Crippen LogP contribution < -0.4 is 5.32 Å². The highest BCUT2D eigenvalue weighted by Crippen LogP contribution is 2.50. The molecule has 0 radical (unpaired) electrons. The van der Waals surface area contributed by atoms with E-state index in [1.165, 1.54) is 0 Å². The largest absolute Gasteiger partial charge is 0.312 e. The molecule has 2 heterocycles. The fourth-order valence-electron chi connectivity index (χ4n) is 5.57. The zero-order valence-electron chi connectivity index (χ0n) is 18.4. The third kappa shape index (κ3) is 3.48. The number of halogens is 1. The van der Waals surface area contributed by atoms with Crippen LogP contribution in [0.5, 0.6) is 0 Å². The van der Waals surface area contributed by atoms with Gasteiger partial charge in [0.05, 0.1) is 17.0 Å². The Labute approximate surface area is 195 Å². The van der Waals surface area contributed by atoms with Gasteiger partial charge in [0.25, 0.3) is 0 Å². The Morgan fingerprint density at radius 2 is 2.00 bits per heavy atom. The van der Waals surface area contributed by atoms with Crippen LogP contribution in [0.25, 0.3) is 16.8 Å². The average molecular weight is 447 g/mol. The molecule has 1 aromatic carbocycles. The van der Waals surface area contributed by atoms with Crippen LogP contribution in [0.2, 0.25) is 0 Å². The van der Waals surface area contributed by atoms with E-state index in [1.807, 2.05) is 31.2 Å². The third-order valence-electron chi connectivity index (χ3n) is 7.20. The normalized spacial score (nSPS) is 26.6. The molecule has 0 fully saturated rings. The summed E-state index contributed by atoms with van der Waals surface area (Å²) in [5.41, 5.74) is 5.09. The van der Waals surface area contributed by atoms with Gasteiger partial charge in [0.15, 0.2) is 11.6 Å². The zero-order chi connectivity index (χ0) is 21.6. The van der Waals surface area contributed by atoms with Gasteiger partial charge in [-0.05, 0) is 31.7 Å². The molecule has 5 nitrogen and oxygen atoms in total. The Kier molecular flexibility index (Phi) is 6.03. The molecule has 1 N–H and O–H groups in total. The van der Waals surface area contributed by atoms with Crippen LogP contribution >= 0.6 is 12.4 Å². The van der Waals surface area contributed by atoms with Crippen LogP contribution in [0, 0.1) is 23.2 Å². The summed E-state index contributed by atoms with van der Waals surface area (Å²) in [6.07, 6.45) is 6.79. The first-order valence-electron chi connectivity index (χ1n) is 11.1. The van der Waals surface area contributed by atoms with E-state index in [9.17, 15) is 10.1 Å². The lowest BCUT2D eigenvalue weighted by molar-refractivity contribution is -0.121. The fraction of sp³-hybridized carbons (Fsp3) is 0.385. The van der Waals surface area contributed by atoms with Crippen LogP contribution in [-0.2, 0) is 16.6 Å². The highest BCUT2D eigenvalue weighted by molar-refractivity contribution is 6.02. The molecule has 1 aromatic heterocycles. The van der Waals surface area contributed by atoms with Gasteiger partial charge in [-0.1, -0.05) is 56.3 Å². The van der Waals surface area contributed by atoms with Crippen molar-refractivity contribution in [1.82, 2.24) is 15.3 Å². The van der Waals surface area contributed by atoms with Crippen LogP contribution in [0.15, 0.2) is 48.1 Å². The summed E-state index contributed by atoms with van der Waals surface area (Å²) in [5, 5.41) is 13.1. The summed E-state index contributed by atoms with van der Waals surface area (Å²) in [7, 11) is 0. The van der Waals surface area contributed by atoms with Gasteiger partial charge in [0.2, 0.25) is 0 Å². The van der Waals surface area contributed by atoms with E-state index in [2.05, 4.69) is 36.5 Å². The number of fused-ring (bicyclic) bond motifs is 3. The van der Waals surface area contributed by atoms with Crippen LogP contribution in [0.4, 0.5) is 0 Å².